The van der Waals surface area contributed by atoms with E-state index >= 15 is 0 Å². The van der Waals surface area contributed by atoms with Crippen molar-refractivity contribution in [2.24, 2.45) is 0 Å². The van der Waals surface area contributed by atoms with E-state index in [0.29, 0.717) is 13.2 Å². The molecule has 2 aromatic rings. The van der Waals surface area contributed by atoms with Crippen LogP contribution < -0.4 is 9.92 Å². The second-order valence-corrected chi connectivity index (χ2v) is 6.15. The molecule has 2 rings (SSSR count). The largest absolute Gasteiger partial charge is 0.457 e. The Morgan fingerprint density at radius 3 is 2.05 bits per heavy atom. The van der Waals surface area contributed by atoms with Crippen LogP contribution >= 0.6 is 0 Å². The zero-order valence-electron chi connectivity index (χ0n) is 11.9. The Morgan fingerprint density at radius 1 is 0.800 bits per heavy atom. The third-order valence-electron chi connectivity index (χ3n) is 2.78. The van der Waals surface area contributed by atoms with Gasteiger partial charge >= 0.3 is 9.28 Å². The minimum atomic E-state index is -1.90. The van der Waals surface area contributed by atoms with Crippen molar-refractivity contribution in [1.29, 1.82) is 0 Å². The van der Waals surface area contributed by atoms with E-state index in [2.05, 4.69) is 0 Å². The van der Waals surface area contributed by atoms with E-state index in [1.54, 1.807) is 0 Å². The normalized spacial score (nSPS) is 10.8. The molecular weight excluding hydrogens is 268 g/mol. The number of ether oxygens (including phenoxy) is 1. The van der Waals surface area contributed by atoms with E-state index in [9.17, 15) is 0 Å². The van der Waals surface area contributed by atoms with Crippen LogP contribution in [0.4, 0.5) is 0 Å². The van der Waals surface area contributed by atoms with Gasteiger partial charge in [-0.15, -0.1) is 0 Å². The summed E-state index contributed by atoms with van der Waals surface area (Å²) in [6, 6.07) is 17.7. The van der Waals surface area contributed by atoms with Crippen LogP contribution in [-0.2, 0) is 8.85 Å². The van der Waals surface area contributed by atoms with Crippen molar-refractivity contribution in [2.45, 2.75) is 13.8 Å². The SMILES string of the molecule is CCO[SiH](OCC)c1ccccc1Oc1ccccc1. The number of benzene rings is 2. The van der Waals surface area contributed by atoms with Gasteiger partial charge in [-0.25, -0.2) is 0 Å². The Bertz CT molecular complexity index is 510. The Kier molecular flexibility index (Phi) is 5.80. The molecule has 20 heavy (non-hydrogen) atoms. The molecule has 2 aromatic carbocycles. The van der Waals surface area contributed by atoms with E-state index in [-0.39, 0.29) is 0 Å². The van der Waals surface area contributed by atoms with Crippen LogP contribution in [0.1, 0.15) is 13.8 Å². The van der Waals surface area contributed by atoms with Gasteiger partial charge in [-0.05, 0) is 32.0 Å². The van der Waals surface area contributed by atoms with Gasteiger partial charge in [-0.3, -0.25) is 0 Å². The Labute approximate surface area is 122 Å². The van der Waals surface area contributed by atoms with E-state index in [0.717, 1.165) is 16.7 Å². The third-order valence-corrected chi connectivity index (χ3v) is 5.04. The van der Waals surface area contributed by atoms with Crippen molar-refractivity contribution in [1.82, 2.24) is 0 Å². The molecule has 0 spiro atoms. The average Bonchev–Trinajstić information content (AvgIpc) is 2.49. The van der Waals surface area contributed by atoms with Gasteiger partial charge in [0.2, 0.25) is 0 Å². The highest BCUT2D eigenvalue weighted by molar-refractivity contribution is 6.62. The first kappa shape index (κ1) is 14.8. The summed E-state index contributed by atoms with van der Waals surface area (Å²) in [5, 5.41) is 1.04. The fourth-order valence-electron chi connectivity index (χ4n) is 1.91. The number of hydrogen-bond donors (Lipinski definition) is 0. The minimum absolute atomic E-state index is 0.649. The Morgan fingerprint density at radius 2 is 1.40 bits per heavy atom. The molecule has 106 valence electrons. The van der Waals surface area contributed by atoms with Crippen molar-refractivity contribution >= 4 is 14.5 Å². The van der Waals surface area contributed by atoms with Crippen LogP contribution in [0, 0.1) is 0 Å². The zero-order chi connectivity index (χ0) is 14.2. The van der Waals surface area contributed by atoms with Crippen LogP contribution in [0.25, 0.3) is 0 Å². The fourth-order valence-corrected chi connectivity index (χ4v) is 3.63. The lowest BCUT2D eigenvalue weighted by atomic mass is 10.3. The van der Waals surface area contributed by atoms with E-state index in [1.807, 2.05) is 68.4 Å². The first-order valence-corrected chi connectivity index (χ1v) is 8.42. The van der Waals surface area contributed by atoms with Gasteiger partial charge in [0, 0.05) is 18.4 Å². The molecule has 0 radical (unpaired) electrons. The molecule has 0 aliphatic carbocycles. The molecule has 0 unspecified atom stereocenters. The summed E-state index contributed by atoms with van der Waals surface area (Å²) in [5.41, 5.74) is 0. The van der Waals surface area contributed by atoms with Crippen molar-refractivity contribution < 1.29 is 13.6 Å². The van der Waals surface area contributed by atoms with Crippen molar-refractivity contribution in [3.05, 3.63) is 54.6 Å². The van der Waals surface area contributed by atoms with Gasteiger partial charge in [-0.2, -0.15) is 0 Å². The van der Waals surface area contributed by atoms with Gasteiger partial charge in [0.1, 0.15) is 11.5 Å². The molecule has 0 amide bonds. The van der Waals surface area contributed by atoms with Gasteiger partial charge in [0.15, 0.2) is 0 Å². The van der Waals surface area contributed by atoms with Crippen molar-refractivity contribution in [2.75, 3.05) is 13.2 Å². The predicted molar refractivity (Wildman–Crippen MR) is 83.0 cm³/mol. The van der Waals surface area contributed by atoms with Crippen LogP contribution in [0.15, 0.2) is 54.6 Å². The van der Waals surface area contributed by atoms with E-state index in [4.69, 9.17) is 13.6 Å². The Balaban J connectivity index is 2.24. The standard InChI is InChI=1S/C16H20O3Si/c1-3-17-20(18-4-2)16-13-9-8-12-15(16)19-14-10-6-5-7-11-14/h5-13,20H,3-4H2,1-2H3. The Hall–Kier alpha value is -1.62. The summed E-state index contributed by atoms with van der Waals surface area (Å²) in [7, 11) is -1.90. The van der Waals surface area contributed by atoms with Crippen LogP contribution in [0.3, 0.4) is 0 Å². The summed E-state index contributed by atoms with van der Waals surface area (Å²) in [6.07, 6.45) is 0. The highest BCUT2D eigenvalue weighted by Crippen LogP contribution is 2.19. The highest BCUT2D eigenvalue weighted by atomic mass is 28.3. The van der Waals surface area contributed by atoms with Crippen LogP contribution in [0.5, 0.6) is 11.5 Å². The van der Waals surface area contributed by atoms with Gasteiger partial charge < -0.3 is 13.6 Å². The molecule has 0 N–H and O–H groups in total. The maximum atomic E-state index is 5.96. The molecule has 0 fully saturated rings. The minimum Gasteiger partial charge on any atom is -0.457 e. The summed E-state index contributed by atoms with van der Waals surface area (Å²) in [5.74, 6) is 1.64. The molecule has 0 aliphatic rings. The zero-order valence-corrected chi connectivity index (χ0v) is 13.1. The summed E-state index contributed by atoms with van der Waals surface area (Å²) >= 11 is 0. The maximum absolute atomic E-state index is 5.96. The molecule has 0 heterocycles. The average molecular weight is 288 g/mol. The molecule has 0 saturated carbocycles. The molecule has 0 bridgehead atoms. The van der Waals surface area contributed by atoms with Crippen molar-refractivity contribution in [3.63, 3.8) is 0 Å². The highest BCUT2D eigenvalue weighted by Gasteiger charge is 2.20. The third kappa shape index (κ3) is 3.93. The lowest BCUT2D eigenvalue weighted by Crippen LogP contribution is -2.37. The monoisotopic (exact) mass is 288 g/mol. The second-order valence-electron chi connectivity index (χ2n) is 4.20. The predicted octanol–water partition coefficient (Wildman–Crippen LogP) is 2.98. The van der Waals surface area contributed by atoms with Gasteiger partial charge in [0.25, 0.3) is 0 Å². The fraction of sp³-hybridized carbons (Fsp3) is 0.250. The first-order valence-electron chi connectivity index (χ1n) is 6.90. The second kappa shape index (κ2) is 7.84. The van der Waals surface area contributed by atoms with Crippen molar-refractivity contribution in [3.8, 4) is 11.5 Å². The molecule has 0 saturated heterocycles. The van der Waals surface area contributed by atoms with Crippen LogP contribution in [-0.4, -0.2) is 22.5 Å². The lowest BCUT2D eigenvalue weighted by molar-refractivity contribution is 0.225. The number of rotatable bonds is 7. The molecule has 0 atom stereocenters. The molecule has 4 heteroatoms. The summed E-state index contributed by atoms with van der Waals surface area (Å²) in [4.78, 5) is 0. The van der Waals surface area contributed by atoms with Crippen LogP contribution in [0.2, 0.25) is 0 Å². The van der Waals surface area contributed by atoms with Gasteiger partial charge in [-0.1, -0.05) is 36.4 Å². The maximum Gasteiger partial charge on any atom is 0.359 e. The number of para-hydroxylation sites is 2. The topological polar surface area (TPSA) is 27.7 Å². The molecule has 3 nitrogen and oxygen atoms in total. The molecule has 0 aliphatic heterocycles. The lowest BCUT2D eigenvalue weighted by Gasteiger charge is -2.18. The smallest absolute Gasteiger partial charge is 0.359 e. The van der Waals surface area contributed by atoms with E-state index < -0.39 is 9.28 Å². The summed E-state index contributed by atoms with van der Waals surface area (Å²) in [6.45, 7) is 5.27. The number of hydrogen-bond acceptors (Lipinski definition) is 3. The summed E-state index contributed by atoms with van der Waals surface area (Å²) < 4.78 is 17.5. The van der Waals surface area contributed by atoms with Gasteiger partial charge in [0.05, 0.1) is 0 Å². The molecule has 0 aromatic heterocycles. The van der Waals surface area contributed by atoms with E-state index in [1.165, 1.54) is 0 Å². The first-order chi connectivity index (χ1) is 9.85. The quantitative estimate of drug-likeness (QED) is 0.733. The molecular formula is C16H20O3Si.